The molecular weight excluding hydrogens is 352 g/mol. The van der Waals surface area contributed by atoms with Crippen LogP contribution in [0.15, 0.2) is 27.1 Å². The van der Waals surface area contributed by atoms with Crippen LogP contribution >= 0.6 is 31.9 Å². The highest BCUT2D eigenvalue weighted by atomic mass is 79.9. The Morgan fingerprint density at radius 3 is 2.24 bits per heavy atom. The average Bonchev–Trinajstić information content (AvgIpc) is 2.26. The smallest absolute Gasteiger partial charge is 0.146 e. The van der Waals surface area contributed by atoms with Crippen molar-refractivity contribution in [1.82, 2.24) is 0 Å². The molecule has 5 heteroatoms. The van der Waals surface area contributed by atoms with Gasteiger partial charge in [0, 0.05) is 16.1 Å². The second kappa shape index (κ2) is 9.05. The molecule has 1 rings (SSSR count). The molecule has 1 aromatic carbocycles. The third-order valence-electron chi connectivity index (χ3n) is 2.06. The highest BCUT2D eigenvalue weighted by Gasteiger charge is 1.98. The van der Waals surface area contributed by atoms with Crippen molar-refractivity contribution >= 4 is 31.9 Å². The monoisotopic (exact) mass is 366 g/mol. The second-order valence-corrected chi connectivity index (χ2v) is 5.29. The van der Waals surface area contributed by atoms with Gasteiger partial charge in [0.1, 0.15) is 6.79 Å². The number of methoxy groups -OCH3 is 1. The van der Waals surface area contributed by atoms with Crippen molar-refractivity contribution in [2.45, 2.75) is 6.42 Å². The number of rotatable bonds is 8. The van der Waals surface area contributed by atoms with E-state index >= 15 is 0 Å². The molecule has 0 spiro atoms. The lowest BCUT2D eigenvalue weighted by Crippen LogP contribution is -2.07. The SMILES string of the molecule is COCCOCOCCc1cc(Br)cc(Br)c1. The van der Waals surface area contributed by atoms with E-state index in [9.17, 15) is 0 Å². The van der Waals surface area contributed by atoms with Gasteiger partial charge in [-0.3, -0.25) is 0 Å². The van der Waals surface area contributed by atoms with E-state index in [0.717, 1.165) is 15.4 Å². The molecule has 0 bridgehead atoms. The number of ether oxygens (including phenoxy) is 3. The summed E-state index contributed by atoms with van der Waals surface area (Å²) in [4.78, 5) is 0. The Kier molecular flexibility index (Phi) is 8.05. The summed E-state index contributed by atoms with van der Waals surface area (Å²) in [5.74, 6) is 0. The molecule has 0 aromatic heterocycles. The number of hydrogen-bond acceptors (Lipinski definition) is 3. The zero-order chi connectivity index (χ0) is 12.5. The van der Waals surface area contributed by atoms with Crippen molar-refractivity contribution in [2.75, 3.05) is 33.7 Å². The lowest BCUT2D eigenvalue weighted by atomic mass is 10.2. The number of halogens is 2. The second-order valence-electron chi connectivity index (χ2n) is 3.45. The molecule has 0 aliphatic rings. The van der Waals surface area contributed by atoms with Crippen molar-refractivity contribution in [2.24, 2.45) is 0 Å². The van der Waals surface area contributed by atoms with Gasteiger partial charge in [-0.05, 0) is 30.2 Å². The van der Waals surface area contributed by atoms with Gasteiger partial charge in [0.25, 0.3) is 0 Å². The zero-order valence-corrected chi connectivity index (χ0v) is 12.9. The largest absolute Gasteiger partial charge is 0.382 e. The Labute approximate surface area is 119 Å². The molecule has 0 saturated carbocycles. The molecule has 1 aromatic rings. The van der Waals surface area contributed by atoms with Gasteiger partial charge in [0.05, 0.1) is 19.8 Å². The Balaban J connectivity index is 2.13. The van der Waals surface area contributed by atoms with E-state index < -0.39 is 0 Å². The van der Waals surface area contributed by atoms with Crippen LogP contribution in [0.5, 0.6) is 0 Å². The Morgan fingerprint density at radius 1 is 0.941 bits per heavy atom. The average molecular weight is 368 g/mol. The zero-order valence-electron chi connectivity index (χ0n) is 9.75. The minimum absolute atomic E-state index is 0.318. The maximum Gasteiger partial charge on any atom is 0.146 e. The van der Waals surface area contributed by atoms with Gasteiger partial charge >= 0.3 is 0 Å². The molecule has 0 amide bonds. The van der Waals surface area contributed by atoms with Crippen LogP contribution in [0.3, 0.4) is 0 Å². The predicted molar refractivity (Wildman–Crippen MR) is 74.2 cm³/mol. The molecule has 0 aliphatic carbocycles. The fourth-order valence-electron chi connectivity index (χ4n) is 1.26. The molecule has 0 N–H and O–H groups in total. The van der Waals surface area contributed by atoms with E-state index in [1.54, 1.807) is 7.11 Å². The molecule has 17 heavy (non-hydrogen) atoms. The summed E-state index contributed by atoms with van der Waals surface area (Å²) in [5, 5.41) is 0. The van der Waals surface area contributed by atoms with Gasteiger partial charge < -0.3 is 14.2 Å². The molecule has 0 saturated heterocycles. The van der Waals surface area contributed by atoms with Crippen LogP contribution in [0.1, 0.15) is 5.56 Å². The van der Waals surface area contributed by atoms with E-state index in [0.29, 0.717) is 26.6 Å². The third-order valence-corrected chi connectivity index (χ3v) is 2.97. The van der Waals surface area contributed by atoms with E-state index in [4.69, 9.17) is 14.2 Å². The Morgan fingerprint density at radius 2 is 1.59 bits per heavy atom. The van der Waals surface area contributed by atoms with Crippen molar-refractivity contribution < 1.29 is 14.2 Å². The molecule has 96 valence electrons. The van der Waals surface area contributed by atoms with Gasteiger partial charge in [-0.25, -0.2) is 0 Å². The standard InChI is InChI=1S/C12H16Br2O3/c1-15-4-5-17-9-16-3-2-10-6-11(13)8-12(14)7-10/h6-8H,2-5,9H2,1H3. The van der Waals surface area contributed by atoms with Crippen LogP contribution in [-0.4, -0.2) is 33.7 Å². The van der Waals surface area contributed by atoms with Crippen LogP contribution in [0.25, 0.3) is 0 Å². The maximum absolute atomic E-state index is 5.36. The highest BCUT2D eigenvalue weighted by molar-refractivity contribution is 9.11. The lowest BCUT2D eigenvalue weighted by molar-refractivity contribution is -0.0647. The fourth-order valence-corrected chi connectivity index (χ4v) is 2.65. The van der Waals surface area contributed by atoms with Gasteiger partial charge in [-0.15, -0.1) is 0 Å². The fraction of sp³-hybridized carbons (Fsp3) is 0.500. The predicted octanol–water partition coefficient (Wildman–Crippen LogP) is 3.39. The molecule has 0 heterocycles. The highest BCUT2D eigenvalue weighted by Crippen LogP contribution is 2.20. The van der Waals surface area contributed by atoms with Crippen molar-refractivity contribution in [3.63, 3.8) is 0 Å². The Hall–Kier alpha value is 0.0600. The Bertz CT molecular complexity index is 311. The maximum atomic E-state index is 5.36. The van der Waals surface area contributed by atoms with Crippen LogP contribution in [-0.2, 0) is 20.6 Å². The molecule has 0 aliphatic heterocycles. The van der Waals surface area contributed by atoms with Crippen LogP contribution < -0.4 is 0 Å². The quantitative estimate of drug-likeness (QED) is 0.520. The van der Waals surface area contributed by atoms with E-state index in [1.807, 2.05) is 6.07 Å². The minimum Gasteiger partial charge on any atom is -0.382 e. The van der Waals surface area contributed by atoms with Crippen LogP contribution in [0, 0.1) is 0 Å². The van der Waals surface area contributed by atoms with Crippen LogP contribution in [0.2, 0.25) is 0 Å². The molecule has 0 unspecified atom stereocenters. The molecule has 3 nitrogen and oxygen atoms in total. The van der Waals surface area contributed by atoms with Gasteiger partial charge in [0.2, 0.25) is 0 Å². The first-order valence-electron chi connectivity index (χ1n) is 5.32. The first-order chi connectivity index (χ1) is 8.22. The summed E-state index contributed by atoms with van der Waals surface area (Å²) in [5.41, 5.74) is 1.23. The van der Waals surface area contributed by atoms with Crippen molar-refractivity contribution in [1.29, 1.82) is 0 Å². The topological polar surface area (TPSA) is 27.7 Å². The summed E-state index contributed by atoms with van der Waals surface area (Å²) >= 11 is 6.91. The summed E-state index contributed by atoms with van der Waals surface area (Å²) in [6, 6.07) is 6.18. The molecule has 0 atom stereocenters. The number of hydrogen-bond donors (Lipinski definition) is 0. The van der Waals surface area contributed by atoms with Gasteiger partial charge in [0.15, 0.2) is 0 Å². The normalized spacial score (nSPS) is 10.8. The molecular formula is C12H16Br2O3. The summed E-state index contributed by atoms with van der Waals surface area (Å²) in [6.45, 7) is 2.13. The summed E-state index contributed by atoms with van der Waals surface area (Å²) in [6.07, 6.45) is 0.867. The van der Waals surface area contributed by atoms with Crippen molar-refractivity contribution in [3.8, 4) is 0 Å². The first kappa shape index (κ1) is 15.1. The van der Waals surface area contributed by atoms with Crippen molar-refractivity contribution in [3.05, 3.63) is 32.7 Å². The van der Waals surface area contributed by atoms with E-state index in [-0.39, 0.29) is 0 Å². The third kappa shape index (κ3) is 7.16. The molecule has 0 fully saturated rings. The van der Waals surface area contributed by atoms with Crippen LogP contribution in [0.4, 0.5) is 0 Å². The summed E-state index contributed by atoms with van der Waals surface area (Å²) in [7, 11) is 1.65. The minimum atomic E-state index is 0.318. The number of benzene rings is 1. The first-order valence-corrected chi connectivity index (χ1v) is 6.90. The van der Waals surface area contributed by atoms with E-state index in [1.165, 1.54) is 5.56 Å². The lowest BCUT2D eigenvalue weighted by Gasteiger charge is -2.06. The van der Waals surface area contributed by atoms with Gasteiger partial charge in [-0.2, -0.15) is 0 Å². The van der Waals surface area contributed by atoms with Gasteiger partial charge in [-0.1, -0.05) is 31.9 Å². The summed E-state index contributed by atoms with van der Waals surface area (Å²) < 4.78 is 17.5. The molecule has 0 radical (unpaired) electrons. The van der Waals surface area contributed by atoms with E-state index in [2.05, 4.69) is 44.0 Å².